The van der Waals surface area contributed by atoms with Gasteiger partial charge in [-0.25, -0.2) is 0 Å². The molecular formula is C18H20O. The molecule has 0 amide bonds. The molecule has 0 radical (unpaired) electrons. The maximum Gasteiger partial charge on any atom is 0.126 e. The fraction of sp³-hybridized carbons (Fsp3) is 0.333. The number of rotatable bonds is 1. The third kappa shape index (κ3) is 1.68. The average molecular weight is 252 g/mol. The second-order valence-corrected chi connectivity index (χ2v) is 5.65. The van der Waals surface area contributed by atoms with E-state index in [9.17, 15) is 0 Å². The quantitative estimate of drug-likeness (QED) is 0.619. The molecule has 0 bridgehead atoms. The molecule has 98 valence electrons. The zero-order chi connectivity index (χ0) is 13.7. The van der Waals surface area contributed by atoms with E-state index >= 15 is 0 Å². The third-order valence-corrected chi connectivity index (χ3v) is 4.47. The van der Waals surface area contributed by atoms with E-state index in [0.717, 1.165) is 12.2 Å². The van der Waals surface area contributed by atoms with Crippen LogP contribution in [0.2, 0.25) is 0 Å². The molecular weight excluding hydrogens is 232 g/mol. The lowest BCUT2D eigenvalue weighted by Gasteiger charge is -2.13. The lowest BCUT2D eigenvalue weighted by molar-refractivity contribution is 0.407. The van der Waals surface area contributed by atoms with E-state index in [1.54, 1.807) is 7.11 Å². The SMILES string of the molecule is COc1c(C)c(C)cc2c1Cc1cc(C)c(C)cc1-2. The summed E-state index contributed by atoms with van der Waals surface area (Å²) in [6.07, 6.45) is 0.996. The minimum absolute atomic E-state index is 0.996. The second kappa shape index (κ2) is 4.12. The molecule has 1 heteroatoms. The Morgan fingerprint density at radius 3 is 2.16 bits per heavy atom. The van der Waals surface area contributed by atoms with Gasteiger partial charge in [0, 0.05) is 12.0 Å². The molecule has 1 aliphatic carbocycles. The summed E-state index contributed by atoms with van der Waals surface area (Å²) in [6, 6.07) is 6.97. The van der Waals surface area contributed by atoms with Gasteiger partial charge >= 0.3 is 0 Å². The smallest absolute Gasteiger partial charge is 0.126 e. The molecule has 0 aromatic heterocycles. The number of ether oxygens (including phenoxy) is 1. The van der Waals surface area contributed by atoms with Gasteiger partial charge in [-0.3, -0.25) is 0 Å². The van der Waals surface area contributed by atoms with Crippen LogP contribution in [-0.2, 0) is 6.42 Å². The molecule has 3 rings (SSSR count). The summed E-state index contributed by atoms with van der Waals surface area (Å²) >= 11 is 0. The zero-order valence-electron chi connectivity index (χ0n) is 12.3. The van der Waals surface area contributed by atoms with Crippen molar-refractivity contribution in [2.45, 2.75) is 34.1 Å². The van der Waals surface area contributed by atoms with Gasteiger partial charge in [-0.15, -0.1) is 0 Å². The molecule has 1 nitrogen and oxygen atoms in total. The maximum absolute atomic E-state index is 5.66. The van der Waals surface area contributed by atoms with Crippen LogP contribution in [0, 0.1) is 27.7 Å². The van der Waals surface area contributed by atoms with E-state index in [4.69, 9.17) is 4.74 Å². The zero-order valence-corrected chi connectivity index (χ0v) is 12.3. The summed E-state index contributed by atoms with van der Waals surface area (Å²) < 4.78 is 5.66. The van der Waals surface area contributed by atoms with Gasteiger partial charge in [0.25, 0.3) is 0 Å². The van der Waals surface area contributed by atoms with Crippen LogP contribution in [0.25, 0.3) is 11.1 Å². The Morgan fingerprint density at radius 1 is 0.842 bits per heavy atom. The van der Waals surface area contributed by atoms with Crippen molar-refractivity contribution >= 4 is 0 Å². The van der Waals surface area contributed by atoms with E-state index in [1.165, 1.54) is 44.5 Å². The Morgan fingerprint density at radius 2 is 1.47 bits per heavy atom. The summed E-state index contributed by atoms with van der Waals surface area (Å²) in [5.41, 5.74) is 10.8. The standard InChI is InChI=1S/C18H20O/c1-10-6-14-9-17-16(15(14)7-11(10)2)8-12(3)13(4)18(17)19-5/h6-8H,9H2,1-5H3. The van der Waals surface area contributed by atoms with Crippen LogP contribution in [0.3, 0.4) is 0 Å². The normalized spacial score (nSPS) is 12.3. The van der Waals surface area contributed by atoms with Crippen molar-refractivity contribution in [2.75, 3.05) is 7.11 Å². The van der Waals surface area contributed by atoms with Gasteiger partial charge in [0.1, 0.15) is 5.75 Å². The van der Waals surface area contributed by atoms with Crippen molar-refractivity contribution in [3.05, 3.63) is 51.6 Å². The Kier molecular flexibility index (Phi) is 2.67. The van der Waals surface area contributed by atoms with Crippen LogP contribution in [0.15, 0.2) is 18.2 Å². The minimum Gasteiger partial charge on any atom is -0.496 e. The Labute approximate surface area is 115 Å². The number of aryl methyl sites for hydroxylation is 3. The van der Waals surface area contributed by atoms with Crippen LogP contribution in [0.4, 0.5) is 0 Å². The van der Waals surface area contributed by atoms with Gasteiger partial charge in [-0.05, 0) is 66.6 Å². The van der Waals surface area contributed by atoms with Crippen molar-refractivity contribution in [2.24, 2.45) is 0 Å². The highest BCUT2D eigenvalue weighted by Gasteiger charge is 2.24. The van der Waals surface area contributed by atoms with Crippen LogP contribution in [-0.4, -0.2) is 7.11 Å². The van der Waals surface area contributed by atoms with Crippen molar-refractivity contribution in [3.8, 4) is 16.9 Å². The van der Waals surface area contributed by atoms with Crippen molar-refractivity contribution < 1.29 is 4.74 Å². The van der Waals surface area contributed by atoms with Crippen LogP contribution in [0.5, 0.6) is 5.75 Å². The second-order valence-electron chi connectivity index (χ2n) is 5.65. The highest BCUT2D eigenvalue weighted by molar-refractivity contribution is 5.81. The van der Waals surface area contributed by atoms with E-state index in [2.05, 4.69) is 45.9 Å². The molecule has 0 saturated carbocycles. The third-order valence-electron chi connectivity index (χ3n) is 4.47. The van der Waals surface area contributed by atoms with Gasteiger partial charge < -0.3 is 4.74 Å². The van der Waals surface area contributed by atoms with Gasteiger partial charge in [0.15, 0.2) is 0 Å². The highest BCUT2D eigenvalue weighted by Crippen LogP contribution is 2.44. The largest absolute Gasteiger partial charge is 0.496 e. The number of methoxy groups -OCH3 is 1. The fourth-order valence-corrected chi connectivity index (χ4v) is 3.10. The molecule has 0 heterocycles. The fourth-order valence-electron chi connectivity index (χ4n) is 3.10. The topological polar surface area (TPSA) is 9.23 Å². The summed E-state index contributed by atoms with van der Waals surface area (Å²) in [4.78, 5) is 0. The first-order chi connectivity index (χ1) is 9.02. The number of hydrogen-bond acceptors (Lipinski definition) is 1. The summed E-state index contributed by atoms with van der Waals surface area (Å²) in [6.45, 7) is 8.68. The first-order valence-electron chi connectivity index (χ1n) is 6.80. The lowest BCUT2D eigenvalue weighted by Crippen LogP contribution is -1.96. The lowest BCUT2D eigenvalue weighted by atomic mass is 9.97. The molecule has 0 unspecified atom stereocenters. The van der Waals surface area contributed by atoms with Gasteiger partial charge in [-0.2, -0.15) is 0 Å². The van der Waals surface area contributed by atoms with E-state index in [-0.39, 0.29) is 0 Å². The Balaban J connectivity index is 2.31. The van der Waals surface area contributed by atoms with Crippen LogP contribution in [0.1, 0.15) is 33.4 Å². The van der Waals surface area contributed by atoms with E-state index in [1.807, 2.05) is 0 Å². The highest BCUT2D eigenvalue weighted by atomic mass is 16.5. The molecule has 0 saturated heterocycles. The van der Waals surface area contributed by atoms with Crippen molar-refractivity contribution in [3.63, 3.8) is 0 Å². The van der Waals surface area contributed by atoms with Crippen LogP contribution < -0.4 is 4.74 Å². The molecule has 19 heavy (non-hydrogen) atoms. The number of benzene rings is 2. The maximum atomic E-state index is 5.66. The summed E-state index contributed by atoms with van der Waals surface area (Å²) in [5.74, 6) is 1.07. The van der Waals surface area contributed by atoms with E-state index < -0.39 is 0 Å². The summed E-state index contributed by atoms with van der Waals surface area (Å²) in [5, 5.41) is 0. The predicted octanol–water partition coefficient (Wildman–Crippen LogP) is 4.50. The predicted molar refractivity (Wildman–Crippen MR) is 80.2 cm³/mol. The molecule has 0 N–H and O–H groups in total. The van der Waals surface area contributed by atoms with Crippen LogP contribution >= 0.6 is 0 Å². The van der Waals surface area contributed by atoms with Gasteiger partial charge in [-0.1, -0.05) is 18.2 Å². The summed E-state index contributed by atoms with van der Waals surface area (Å²) in [7, 11) is 1.78. The van der Waals surface area contributed by atoms with Crippen molar-refractivity contribution in [1.29, 1.82) is 0 Å². The molecule has 2 aromatic carbocycles. The average Bonchev–Trinajstić information content (AvgIpc) is 2.69. The molecule has 0 atom stereocenters. The molecule has 2 aromatic rings. The minimum atomic E-state index is 0.996. The molecule has 0 fully saturated rings. The van der Waals surface area contributed by atoms with Gasteiger partial charge in [0.2, 0.25) is 0 Å². The number of hydrogen-bond donors (Lipinski definition) is 0. The molecule has 0 spiro atoms. The monoisotopic (exact) mass is 252 g/mol. The molecule has 0 aliphatic heterocycles. The first-order valence-corrected chi connectivity index (χ1v) is 6.80. The Hall–Kier alpha value is -1.76. The molecule has 1 aliphatic rings. The first kappa shape index (κ1) is 12.3. The van der Waals surface area contributed by atoms with E-state index in [0.29, 0.717) is 0 Å². The number of fused-ring (bicyclic) bond motifs is 3. The Bertz CT molecular complexity index is 681. The van der Waals surface area contributed by atoms with Crippen molar-refractivity contribution in [1.82, 2.24) is 0 Å². The van der Waals surface area contributed by atoms with Gasteiger partial charge in [0.05, 0.1) is 7.11 Å².